The Balaban J connectivity index is 2.82. The Morgan fingerprint density at radius 1 is 1.35 bits per heavy atom. The van der Waals surface area contributed by atoms with Crippen molar-refractivity contribution in [1.29, 1.82) is 0 Å². The van der Waals surface area contributed by atoms with Crippen LogP contribution in [-0.2, 0) is 9.59 Å². The van der Waals surface area contributed by atoms with Crippen molar-refractivity contribution >= 4 is 29.4 Å². The van der Waals surface area contributed by atoms with Crippen LogP contribution in [0.5, 0.6) is 5.75 Å². The van der Waals surface area contributed by atoms with Gasteiger partial charge in [0.05, 0.1) is 10.6 Å². The van der Waals surface area contributed by atoms with Crippen LogP contribution >= 0.6 is 11.6 Å². The van der Waals surface area contributed by atoms with Gasteiger partial charge in [0, 0.05) is 6.42 Å². The molecule has 108 valence electrons. The van der Waals surface area contributed by atoms with Gasteiger partial charge in [-0.2, -0.15) is 0 Å². The van der Waals surface area contributed by atoms with Crippen LogP contribution in [-0.4, -0.2) is 34.0 Å². The largest absolute Gasteiger partial charge is 0.508 e. The average Bonchev–Trinajstić information content (AvgIpc) is 2.36. The lowest BCUT2D eigenvalue weighted by Gasteiger charge is -2.14. The van der Waals surface area contributed by atoms with Crippen molar-refractivity contribution in [3.8, 4) is 5.75 Å². The summed E-state index contributed by atoms with van der Waals surface area (Å²) in [6, 6.07) is 2.45. The van der Waals surface area contributed by atoms with Crippen LogP contribution in [0.1, 0.15) is 23.2 Å². The lowest BCUT2D eigenvalue weighted by molar-refractivity contribution is -0.139. The maximum absolute atomic E-state index is 11.9. The number of rotatable bonds is 6. The molecule has 0 aliphatic rings. The van der Waals surface area contributed by atoms with E-state index in [0.717, 1.165) is 6.07 Å². The molecule has 0 fully saturated rings. The molecule has 0 saturated carbocycles. The van der Waals surface area contributed by atoms with Crippen LogP contribution in [0, 0.1) is 0 Å². The summed E-state index contributed by atoms with van der Waals surface area (Å²) in [7, 11) is 0. The Bertz CT molecular complexity index is 547. The fraction of sp³-hybridized carbons (Fsp3) is 0.250. The van der Waals surface area contributed by atoms with E-state index in [0.29, 0.717) is 0 Å². The molecule has 0 aliphatic carbocycles. The zero-order valence-corrected chi connectivity index (χ0v) is 11.1. The highest BCUT2D eigenvalue weighted by atomic mass is 35.5. The number of phenolic OH excluding ortho intramolecular Hbond substituents is 1. The number of hydrogen-bond acceptors (Lipinski definition) is 4. The van der Waals surface area contributed by atoms with Gasteiger partial charge in [0.2, 0.25) is 5.91 Å². The zero-order chi connectivity index (χ0) is 15.3. The van der Waals surface area contributed by atoms with Crippen molar-refractivity contribution in [1.82, 2.24) is 5.32 Å². The van der Waals surface area contributed by atoms with E-state index in [2.05, 4.69) is 5.32 Å². The maximum Gasteiger partial charge on any atom is 0.326 e. The summed E-state index contributed by atoms with van der Waals surface area (Å²) in [5.74, 6) is -2.90. The van der Waals surface area contributed by atoms with Crippen LogP contribution < -0.4 is 11.1 Å². The number of halogens is 1. The normalized spacial score (nSPS) is 11.7. The second-order valence-corrected chi connectivity index (χ2v) is 4.44. The molecule has 8 heteroatoms. The molecular weight excluding hydrogens is 288 g/mol. The quantitative estimate of drug-likeness (QED) is 0.607. The number of hydrogen-bond donors (Lipinski definition) is 4. The van der Waals surface area contributed by atoms with Crippen molar-refractivity contribution in [2.45, 2.75) is 18.9 Å². The predicted octanol–water partition coefficient (Wildman–Crippen LogP) is 0.494. The van der Waals surface area contributed by atoms with Crippen LogP contribution in [0.3, 0.4) is 0 Å². The summed E-state index contributed by atoms with van der Waals surface area (Å²) in [5.41, 5.74) is 4.87. The van der Waals surface area contributed by atoms with Crippen molar-refractivity contribution in [2.75, 3.05) is 0 Å². The van der Waals surface area contributed by atoms with Gasteiger partial charge in [-0.1, -0.05) is 11.6 Å². The second kappa shape index (κ2) is 6.76. The highest BCUT2D eigenvalue weighted by molar-refractivity contribution is 6.33. The molecule has 0 spiro atoms. The standard InChI is InChI=1S/C12H13ClN2O5/c13-8-2-1-6(16)5-7(8)11(18)15-9(12(19)20)3-4-10(14)17/h1-2,5,9,16H,3-4H2,(H2,14,17)(H,15,18)(H,19,20)/t9-/m1/s1. The number of amides is 2. The van der Waals surface area contributed by atoms with Gasteiger partial charge in [0.25, 0.3) is 5.91 Å². The average molecular weight is 301 g/mol. The number of phenols is 1. The minimum atomic E-state index is -1.30. The Morgan fingerprint density at radius 2 is 2.00 bits per heavy atom. The minimum Gasteiger partial charge on any atom is -0.508 e. The monoisotopic (exact) mass is 300 g/mol. The third-order valence-corrected chi connectivity index (χ3v) is 2.81. The molecule has 2 amide bonds. The summed E-state index contributed by atoms with van der Waals surface area (Å²) in [5, 5.41) is 20.5. The first-order chi connectivity index (χ1) is 9.31. The summed E-state index contributed by atoms with van der Waals surface area (Å²) >= 11 is 5.79. The smallest absolute Gasteiger partial charge is 0.326 e. The number of benzene rings is 1. The Kier molecular flexibility index (Phi) is 5.33. The molecule has 20 heavy (non-hydrogen) atoms. The first-order valence-electron chi connectivity index (χ1n) is 5.61. The fourth-order valence-electron chi connectivity index (χ4n) is 1.47. The Morgan fingerprint density at radius 3 is 2.55 bits per heavy atom. The van der Waals surface area contributed by atoms with Gasteiger partial charge in [-0.05, 0) is 24.6 Å². The number of aliphatic carboxylic acids is 1. The van der Waals surface area contributed by atoms with Crippen LogP contribution in [0.15, 0.2) is 18.2 Å². The number of nitrogens with two attached hydrogens (primary N) is 1. The van der Waals surface area contributed by atoms with Gasteiger partial charge >= 0.3 is 5.97 Å². The molecule has 1 rings (SSSR count). The molecule has 0 radical (unpaired) electrons. The van der Waals surface area contributed by atoms with E-state index in [1.807, 2.05) is 0 Å². The summed E-state index contributed by atoms with van der Waals surface area (Å²) < 4.78 is 0. The van der Waals surface area contributed by atoms with Crippen molar-refractivity contribution in [3.63, 3.8) is 0 Å². The van der Waals surface area contributed by atoms with Gasteiger partial charge in [0.15, 0.2) is 0 Å². The molecule has 5 N–H and O–H groups in total. The zero-order valence-electron chi connectivity index (χ0n) is 10.3. The number of aromatic hydroxyl groups is 1. The minimum absolute atomic E-state index is 0.0583. The molecule has 7 nitrogen and oxygen atoms in total. The van der Waals surface area contributed by atoms with Crippen LogP contribution in [0.2, 0.25) is 5.02 Å². The molecular formula is C12H13ClN2O5. The van der Waals surface area contributed by atoms with Gasteiger partial charge in [-0.15, -0.1) is 0 Å². The summed E-state index contributed by atoms with van der Waals surface area (Å²) in [4.78, 5) is 33.5. The van der Waals surface area contributed by atoms with Gasteiger partial charge in [0.1, 0.15) is 11.8 Å². The highest BCUT2D eigenvalue weighted by Crippen LogP contribution is 2.21. The van der Waals surface area contributed by atoms with Crippen molar-refractivity contribution in [2.24, 2.45) is 5.73 Å². The van der Waals surface area contributed by atoms with E-state index >= 15 is 0 Å². The van der Waals surface area contributed by atoms with E-state index < -0.39 is 23.8 Å². The topological polar surface area (TPSA) is 130 Å². The Labute approximate surface area is 119 Å². The van der Waals surface area contributed by atoms with Crippen LogP contribution in [0.25, 0.3) is 0 Å². The van der Waals surface area contributed by atoms with E-state index in [4.69, 9.17) is 22.4 Å². The first-order valence-corrected chi connectivity index (χ1v) is 5.99. The summed E-state index contributed by atoms with van der Waals surface area (Å²) in [6.45, 7) is 0. The lowest BCUT2D eigenvalue weighted by Crippen LogP contribution is -2.41. The number of carboxylic acid groups (broad SMARTS) is 1. The lowest BCUT2D eigenvalue weighted by atomic mass is 10.1. The number of nitrogens with one attached hydrogen (secondary N) is 1. The number of carbonyl (C=O) groups is 3. The predicted molar refractivity (Wildman–Crippen MR) is 70.4 cm³/mol. The summed E-state index contributed by atoms with van der Waals surface area (Å²) in [6.07, 6.45) is -0.308. The maximum atomic E-state index is 11.9. The third-order valence-electron chi connectivity index (χ3n) is 2.48. The molecule has 1 aromatic carbocycles. The van der Waals surface area contributed by atoms with Gasteiger partial charge < -0.3 is 21.3 Å². The SMILES string of the molecule is NC(=O)CC[C@@H](NC(=O)c1cc(O)ccc1Cl)C(=O)O. The first kappa shape index (κ1) is 15.8. The van der Waals surface area contributed by atoms with Gasteiger partial charge in [-0.3, -0.25) is 9.59 Å². The highest BCUT2D eigenvalue weighted by Gasteiger charge is 2.22. The number of carboxylic acids is 1. The molecule has 0 heterocycles. The Hall–Kier alpha value is -2.28. The van der Waals surface area contributed by atoms with Gasteiger partial charge in [-0.25, -0.2) is 4.79 Å². The van der Waals surface area contributed by atoms with E-state index in [9.17, 15) is 19.5 Å². The molecule has 0 aromatic heterocycles. The second-order valence-electron chi connectivity index (χ2n) is 4.03. The number of carbonyl (C=O) groups excluding carboxylic acids is 2. The molecule has 0 saturated heterocycles. The molecule has 0 aliphatic heterocycles. The van der Waals surface area contributed by atoms with E-state index in [1.165, 1.54) is 12.1 Å². The van der Waals surface area contributed by atoms with Crippen LogP contribution in [0.4, 0.5) is 0 Å². The fourth-order valence-corrected chi connectivity index (χ4v) is 1.67. The molecule has 0 bridgehead atoms. The van der Waals surface area contributed by atoms with Crippen molar-refractivity contribution < 1.29 is 24.6 Å². The van der Waals surface area contributed by atoms with Crippen molar-refractivity contribution in [3.05, 3.63) is 28.8 Å². The van der Waals surface area contributed by atoms with E-state index in [1.54, 1.807) is 0 Å². The molecule has 1 aromatic rings. The molecule has 0 unspecified atom stereocenters. The number of primary amides is 1. The molecule has 1 atom stereocenters. The third kappa shape index (κ3) is 4.43. The van der Waals surface area contributed by atoms with E-state index in [-0.39, 0.29) is 29.2 Å².